The molecule has 9 heteroatoms. The average Bonchev–Trinajstić information content (AvgIpc) is 3.02. The predicted octanol–water partition coefficient (Wildman–Crippen LogP) is 1.60. The molecular formula is C22H20N4O5. The first-order chi connectivity index (χ1) is 14.8. The standard InChI is InChI=1S/C22H20N4O5/c1-25-16-8-4-5-9-17(16)26(2)21(25)15(11-23)18(27)12-31-22(29)14-7-3-6-10-19(14)30-13-20(24)28/h3-10H,12-13H2,1-2H3,(H2,24,28). The molecule has 0 bridgehead atoms. The lowest BCUT2D eigenvalue weighted by atomic mass is 10.1. The molecule has 2 N–H and O–H groups in total. The first-order valence-electron chi connectivity index (χ1n) is 9.26. The van der Waals surface area contributed by atoms with Gasteiger partial charge < -0.3 is 25.0 Å². The van der Waals surface area contributed by atoms with Gasteiger partial charge in [0.15, 0.2) is 13.2 Å². The molecule has 0 spiro atoms. The number of esters is 1. The van der Waals surface area contributed by atoms with Crippen LogP contribution >= 0.6 is 0 Å². The lowest BCUT2D eigenvalue weighted by Gasteiger charge is -2.19. The van der Waals surface area contributed by atoms with E-state index in [4.69, 9.17) is 15.2 Å². The number of ketones is 1. The fourth-order valence-corrected chi connectivity index (χ4v) is 3.25. The molecule has 158 valence electrons. The van der Waals surface area contributed by atoms with E-state index in [1.807, 2.05) is 30.3 Å². The van der Waals surface area contributed by atoms with Crippen LogP contribution in [0.4, 0.5) is 11.4 Å². The maximum absolute atomic E-state index is 12.7. The van der Waals surface area contributed by atoms with Crippen LogP contribution in [0.5, 0.6) is 5.75 Å². The number of nitriles is 1. The fourth-order valence-electron chi connectivity index (χ4n) is 3.25. The van der Waals surface area contributed by atoms with Gasteiger partial charge in [0.05, 0.1) is 11.4 Å². The molecule has 0 atom stereocenters. The minimum Gasteiger partial charge on any atom is -0.483 e. The van der Waals surface area contributed by atoms with E-state index < -0.39 is 30.9 Å². The number of nitrogens with zero attached hydrogens (tertiary/aromatic N) is 3. The summed E-state index contributed by atoms with van der Waals surface area (Å²) in [5.41, 5.74) is 6.65. The second-order valence-corrected chi connectivity index (χ2v) is 6.67. The number of primary amides is 1. The maximum atomic E-state index is 12.7. The largest absolute Gasteiger partial charge is 0.483 e. The topological polar surface area (TPSA) is 126 Å². The molecule has 1 aliphatic heterocycles. The number of hydrogen-bond acceptors (Lipinski definition) is 8. The summed E-state index contributed by atoms with van der Waals surface area (Å²) in [4.78, 5) is 39.6. The first-order valence-corrected chi connectivity index (χ1v) is 9.26. The molecular weight excluding hydrogens is 400 g/mol. The normalized spacial score (nSPS) is 12.1. The molecule has 0 saturated heterocycles. The summed E-state index contributed by atoms with van der Waals surface area (Å²) in [7, 11) is 3.50. The summed E-state index contributed by atoms with van der Waals surface area (Å²) in [5.74, 6) is -1.67. The zero-order valence-corrected chi connectivity index (χ0v) is 17.0. The second kappa shape index (κ2) is 9.00. The van der Waals surface area contributed by atoms with Crippen molar-refractivity contribution in [1.82, 2.24) is 0 Å². The predicted molar refractivity (Wildman–Crippen MR) is 112 cm³/mol. The number of nitrogens with two attached hydrogens (primary N) is 1. The highest BCUT2D eigenvalue weighted by molar-refractivity contribution is 6.04. The molecule has 3 rings (SSSR count). The van der Waals surface area contributed by atoms with Crippen molar-refractivity contribution >= 4 is 29.0 Å². The van der Waals surface area contributed by atoms with E-state index in [-0.39, 0.29) is 16.9 Å². The number of carbonyl (C=O) groups excluding carboxylic acids is 3. The van der Waals surface area contributed by atoms with Crippen molar-refractivity contribution in [2.24, 2.45) is 5.73 Å². The zero-order chi connectivity index (χ0) is 22.5. The van der Waals surface area contributed by atoms with Crippen LogP contribution in [0, 0.1) is 11.3 Å². The lowest BCUT2D eigenvalue weighted by molar-refractivity contribution is -0.120. The zero-order valence-electron chi connectivity index (χ0n) is 17.0. The molecule has 1 amide bonds. The quantitative estimate of drug-likeness (QED) is 0.407. The second-order valence-electron chi connectivity index (χ2n) is 6.67. The Morgan fingerprint density at radius 3 is 2.13 bits per heavy atom. The Morgan fingerprint density at radius 2 is 1.55 bits per heavy atom. The van der Waals surface area contributed by atoms with Crippen LogP contribution in [0.3, 0.4) is 0 Å². The molecule has 1 aliphatic rings. The van der Waals surface area contributed by atoms with E-state index in [0.29, 0.717) is 5.82 Å². The number of anilines is 2. The smallest absolute Gasteiger partial charge is 0.342 e. The molecule has 0 unspecified atom stereocenters. The van der Waals surface area contributed by atoms with Gasteiger partial charge in [-0.15, -0.1) is 0 Å². The Balaban J connectivity index is 1.77. The number of ether oxygens (including phenoxy) is 2. The van der Waals surface area contributed by atoms with Gasteiger partial charge in [0.2, 0.25) is 5.78 Å². The third-order valence-electron chi connectivity index (χ3n) is 4.67. The summed E-state index contributed by atoms with van der Waals surface area (Å²) in [6.07, 6.45) is 0. The molecule has 2 aromatic carbocycles. The summed E-state index contributed by atoms with van der Waals surface area (Å²) < 4.78 is 10.3. The highest BCUT2D eigenvalue weighted by Gasteiger charge is 2.31. The minimum absolute atomic E-state index is 0.0326. The van der Waals surface area contributed by atoms with Crippen LogP contribution in [-0.2, 0) is 14.3 Å². The van der Waals surface area contributed by atoms with Gasteiger partial charge in [-0.05, 0) is 24.3 Å². The van der Waals surface area contributed by atoms with Crippen molar-refractivity contribution in [3.63, 3.8) is 0 Å². The van der Waals surface area contributed by atoms with Gasteiger partial charge in [0.25, 0.3) is 5.91 Å². The highest BCUT2D eigenvalue weighted by Crippen LogP contribution is 2.40. The summed E-state index contributed by atoms with van der Waals surface area (Å²) in [5, 5.41) is 9.63. The fraction of sp³-hybridized carbons (Fsp3) is 0.182. The van der Waals surface area contributed by atoms with Gasteiger partial charge in [-0.2, -0.15) is 5.26 Å². The lowest BCUT2D eigenvalue weighted by Crippen LogP contribution is -2.28. The van der Waals surface area contributed by atoms with Crippen molar-refractivity contribution < 1.29 is 23.9 Å². The molecule has 2 aromatic rings. The number of fused-ring (bicyclic) bond motifs is 1. The minimum atomic E-state index is -0.827. The van der Waals surface area contributed by atoms with Crippen LogP contribution in [-0.4, -0.2) is 45.0 Å². The van der Waals surface area contributed by atoms with Gasteiger partial charge in [-0.25, -0.2) is 4.79 Å². The van der Waals surface area contributed by atoms with E-state index in [1.54, 1.807) is 36.0 Å². The Kier molecular flexibility index (Phi) is 6.21. The van der Waals surface area contributed by atoms with Crippen molar-refractivity contribution in [3.05, 3.63) is 65.5 Å². The van der Waals surface area contributed by atoms with E-state index >= 15 is 0 Å². The molecule has 31 heavy (non-hydrogen) atoms. The molecule has 0 saturated carbocycles. The molecule has 0 radical (unpaired) electrons. The van der Waals surface area contributed by atoms with Gasteiger partial charge in [-0.3, -0.25) is 9.59 Å². The number of amides is 1. The van der Waals surface area contributed by atoms with Crippen molar-refractivity contribution in [3.8, 4) is 11.8 Å². The number of carbonyl (C=O) groups is 3. The van der Waals surface area contributed by atoms with E-state index in [9.17, 15) is 19.6 Å². The molecule has 0 aliphatic carbocycles. The van der Waals surface area contributed by atoms with Crippen LogP contribution in [0.15, 0.2) is 59.9 Å². The van der Waals surface area contributed by atoms with E-state index in [2.05, 4.69) is 0 Å². The average molecular weight is 420 g/mol. The number of hydrogen-bond donors (Lipinski definition) is 1. The number of benzene rings is 2. The van der Waals surface area contributed by atoms with Crippen LogP contribution in [0.25, 0.3) is 0 Å². The summed E-state index contributed by atoms with van der Waals surface area (Å²) in [6, 6.07) is 15.5. The maximum Gasteiger partial charge on any atom is 0.342 e. The number of Topliss-reactive ketones (excluding diaryl/α,β-unsaturated/α-hetero) is 1. The molecule has 0 aromatic heterocycles. The highest BCUT2D eigenvalue weighted by atomic mass is 16.5. The Hall–Kier alpha value is -4.32. The third kappa shape index (κ3) is 4.33. The van der Waals surface area contributed by atoms with Crippen molar-refractivity contribution in [2.45, 2.75) is 0 Å². The Bertz CT molecular complexity index is 1090. The van der Waals surface area contributed by atoms with E-state index in [1.165, 1.54) is 12.1 Å². The monoisotopic (exact) mass is 420 g/mol. The third-order valence-corrected chi connectivity index (χ3v) is 4.67. The molecule has 0 fully saturated rings. The summed E-state index contributed by atoms with van der Waals surface area (Å²) >= 11 is 0. The van der Waals surface area contributed by atoms with Gasteiger partial charge in [0, 0.05) is 14.1 Å². The van der Waals surface area contributed by atoms with Crippen LogP contribution in [0.2, 0.25) is 0 Å². The van der Waals surface area contributed by atoms with Crippen molar-refractivity contribution in [2.75, 3.05) is 37.1 Å². The first kappa shape index (κ1) is 21.4. The van der Waals surface area contributed by atoms with Crippen LogP contribution in [0.1, 0.15) is 10.4 Å². The van der Waals surface area contributed by atoms with E-state index in [0.717, 1.165) is 11.4 Å². The summed E-state index contributed by atoms with van der Waals surface area (Å²) in [6.45, 7) is -1.04. The Morgan fingerprint density at radius 1 is 0.968 bits per heavy atom. The van der Waals surface area contributed by atoms with Crippen LogP contribution < -0.4 is 20.3 Å². The van der Waals surface area contributed by atoms with Gasteiger partial charge in [-0.1, -0.05) is 24.3 Å². The molecule has 9 nitrogen and oxygen atoms in total. The SMILES string of the molecule is CN1C(=C(C#N)C(=O)COC(=O)c2ccccc2OCC(N)=O)N(C)c2ccccc21. The number of para-hydroxylation sites is 3. The number of rotatable bonds is 7. The van der Waals surface area contributed by atoms with Gasteiger partial charge in [0.1, 0.15) is 28.8 Å². The Labute approximate surface area is 178 Å². The van der Waals surface area contributed by atoms with Gasteiger partial charge >= 0.3 is 5.97 Å². The molecule has 1 heterocycles. The van der Waals surface area contributed by atoms with Crippen molar-refractivity contribution in [1.29, 1.82) is 5.26 Å².